The van der Waals surface area contributed by atoms with Crippen LogP contribution in [0.25, 0.3) is 65.9 Å². The Morgan fingerprint density at radius 1 is 0.417 bits per heavy atom. The molecule has 0 unspecified atom stereocenters. The van der Waals surface area contributed by atoms with Crippen molar-refractivity contribution in [1.29, 1.82) is 0 Å². The maximum atomic E-state index is 5.08. The molecule has 0 spiro atoms. The van der Waals surface area contributed by atoms with Crippen molar-refractivity contribution in [2.75, 3.05) is 0 Å². The molecule has 0 aliphatic rings. The van der Waals surface area contributed by atoms with Crippen molar-refractivity contribution >= 4 is 43.5 Å². The first-order valence-electron chi connectivity index (χ1n) is 12.2. The van der Waals surface area contributed by atoms with E-state index in [4.69, 9.17) is 15.0 Å². The highest BCUT2D eigenvalue weighted by atomic mass is 14.8. The zero-order chi connectivity index (χ0) is 24.2. The molecule has 0 N–H and O–H groups in total. The van der Waals surface area contributed by atoms with Gasteiger partial charge in [-0.15, -0.1) is 0 Å². The molecule has 7 aromatic rings. The van der Waals surface area contributed by atoms with E-state index in [9.17, 15) is 0 Å². The van der Waals surface area contributed by atoms with E-state index >= 15 is 0 Å². The lowest BCUT2D eigenvalue weighted by molar-refractivity contribution is 1.25. The van der Waals surface area contributed by atoms with Crippen LogP contribution >= 0.6 is 0 Å². The normalized spacial score (nSPS) is 11.6. The summed E-state index contributed by atoms with van der Waals surface area (Å²) in [5, 5.41) is 5.75. The van der Waals surface area contributed by atoms with Gasteiger partial charge in [0, 0.05) is 38.5 Å². The maximum absolute atomic E-state index is 5.08. The highest BCUT2D eigenvalue weighted by molar-refractivity contribution is 6.07. The van der Waals surface area contributed by atoms with E-state index in [0.29, 0.717) is 0 Å². The summed E-state index contributed by atoms with van der Waals surface area (Å²) in [4.78, 5) is 14.7. The molecule has 170 valence electrons. The monoisotopic (exact) mass is 461 g/mol. The standard InChI is InChI=1S/C33H23N3/c1-20-6-8-23-12-10-22-11-15-27(19-29(22)31(23)34-20)26-4-3-5-28(18-26)30-17-16-25-14-13-24-9-7-21(2)35-32(24)33(25)36-30/h3-19H,1-2H3. The van der Waals surface area contributed by atoms with E-state index in [0.717, 1.165) is 60.9 Å². The number of rotatable bonds is 2. The minimum Gasteiger partial charge on any atom is -0.252 e. The third-order valence-electron chi connectivity index (χ3n) is 6.97. The largest absolute Gasteiger partial charge is 0.252 e. The van der Waals surface area contributed by atoms with Gasteiger partial charge in [-0.1, -0.05) is 72.8 Å². The molecular formula is C33H23N3. The predicted octanol–water partition coefficient (Wildman–Crippen LogP) is 8.44. The fourth-order valence-electron chi connectivity index (χ4n) is 5.07. The average Bonchev–Trinajstić information content (AvgIpc) is 2.92. The maximum Gasteiger partial charge on any atom is 0.0972 e. The molecule has 0 fully saturated rings. The molecule has 4 aromatic carbocycles. The Hall–Kier alpha value is -4.63. The zero-order valence-electron chi connectivity index (χ0n) is 20.2. The average molecular weight is 462 g/mol. The van der Waals surface area contributed by atoms with Crippen molar-refractivity contribution in [2.45, 2.75) is 13.8 Å². The number of pyridine rings is 3. The van der Waals surface area contributed by atoms with Crippen molar-refractivity contribution in [3.05, 3.63) is 115 Å². The van der Waals surface area contributed by atoms with Crippen molar-refractivity contribution in [3.8, 4) is 22.4 Å². The van der Waals surface area contributed by atoms with Crippen molar-refractivity contribution in [1.82, 2.24) is 15.0 Å². The molecule has 0 radical (unpaired) electrons. The van der Waals surface area contributed by atoms with E-state index in [1.54, 1.807) is 0 Å². The highest BCUT2D eigenvalue weighted by Gasteiger charge is 2.09. The number of benzene rings is 4. The number of hydrogen-bond acceptors (Lipinski definition) is 3. The molecule has 36 heavy (non-hydrogen) atoms. The lowest BCUT2D eigenvalue weighted by Crippen LogP contribution is -1.91. The topological polar surface area (TPSA) is 38.7 Å². The molecule has 7 rings (SSSR count). The first-order chi connectivity index (χ1) is 17.6. The number of hydrogen-bond donors (Lipinski definition) is 0. The van der Waals surface area contributed by atoms with Crippen LogP contribution in [0.1, 0.15) is 11.4 Å². The summed E-state index contributed by atoms with van der Waals surface area (Å²) in [5.74, 6) is 0. The number of aromatic nitrogens is 3. The van der Waals surface area contributed by atoms with E-state index in [2.05, 4.69) is 97.1 Å². The first-order valence-corrected chi connectivity index (χ1v) is 12.2. The molecule has 0 saturated heterocycles. The smallest absolute Gasteiger partial charge is 0.0972 e. The minimum absolute atomic E-state index is 0.942. The summed E-state index contributed by atoms with van der Waals surface area (Å²) in [5.41, 5.74) is 9.34. The van der Waals surface area contributed by atoms with Crippen molar-refractivity contribution in [2.24, 2.45) is 0 Å². The molecule has 0 saturated carbocycles. The molecule has 3 heterocycles. The molecule has 0 atom stereocenters. The fourth-order valence-corrected chi connectivity index (χ4v) is 5.07. The Labute approximate surface area is 209 Å². The van der Waals surface area contributed by atoms with Gasteiger partial charge in [0.2, 0.25) is 0 Å². The van der Waals surface area contributed by atoms with Gasteiger partial charge in [-0.3, -0.25) is 9.97 Å². The van der Waals surface area contributed by atoms with Gasteiger partial charge < -0.3 is 0 Å². The molecule has 3 nitrogen and oxygen atoms in total. The van der Waals surface area contributed by atoms with E-state index in [1.807, 2.05) is 19.9 Å². The van der Waals surface area contributed by atoms with Crippen LogP contribution < -0.4 is 0 Å². The molecule has 0 aliphatic carbocycles. The Morgan fingerprint density at radius 3 is 1.72 bits per heavy atom. The van der Waals surface area contributed by atoms with Crippen molar-refractivity contribution < 1.29 is 0 Å². The second-order valence-corrected chi connectivity index (χ2v) is 9.46. The molecule has 0 amide bonds. The second-order valence-electron chi connectivity index (χ2n) is 9.46. The second kappa shape index (κ2) is 7.96. The number of nitrogens with zero attached hydrogens (tertiary/aromatic N) is 3. The lowest BCUT2D eigenvalue weighted by Gasteiger charge is -2.10. The molecular weight excluding hydrogens is 438 g/mol. The van der Waals surface area contributed by atoms with Crippen LogP contribution in [0.2, 0.25) is 0 Å². The summed E-state index contributed by atoms with van der Waals surface area (Å²) in [6.45, 7) is 4.07. The molecule has 0 bridgehead atoms. The fraction of sp³-hybridized carbons (Fsp3) is 0.0606. The molecule has 3 heteroatoms. The van der Waals surface area contributed by atoms with Gasteiger partial charge in [-0.05, 0) is 60.7 Å². The SMILES string of the molecule is Cc1ccc2ccc3ccc(-c4cccc(-c5ccc6ccc7ccc(C)nc7c6n5)c4)cc3c2n1. The lowest BCUT2D eigenvalue weighted by atomic mass is 9.97. The van der Waals surface area contributed by atoms with Gasteiger partial charge in [0.15, 0.2) is 0 Å². The Bertz CT molecular complexity index is 1830. The Balaban J connectivity index is 1.38. The van der Waals surface area contributed by atoms with Gasteiger partial charge in [-0.2, -0.15) is 0 Å². The van der Waals surface area contributed by atoms with Crippen molar-refractivity contribution in [3.63, 3.8) is 0 Å². The van der Waals surface area contributed by atoms with Crippen LogP contribution in [-0.2, 0) is 0 Å². The van der Waals surface area contributed by atoms with Crippen LogP contribution in [0.5, 0.6) is 0 Å². The predicted molar refractivity (Wildman–Crippen MR) is 150 cm³/mol. The first kappa shape index (κ1) is 20.7. The third-order valence-corrected chi connectivity index (χ3v) is 6.97. The summed E-state index contributed by atoms with van der Waals surface area (Å²) in [7, 11) is 0. The van der Waals surface area contributed by atoms with E-state index in [1.165, 1.54) is 16.3 Å². The Morgan fingerprint density at radius 2 is 0.944 bits per heavy atom. The summed E-state index contributed by atoms with van der Waals surface area (Å²) < 4.78 is 0. The Kier molecular flexibility index (Phi) is 4.58. The quantitative estimate of drug-likeness (QED) is 0.243. The van der Waals surface area contributed by atoms with E-state index in [-0.39, 0.29) is 0 Å². The van der Waals surface area contributed by atoms with Crippen LogP contribution in [0.4, 0.5) is 0 Å². The summed E-state index contributed by atoms with van der Waals surface area (Å²) in [6, 6.07) is 36.5. The van der Waals surface area contributed by atoms with Crippen LogP contribution in [-0.4, -0.2) is 15.0 Å². The van der Waals surface area contributed by atoms with Gasteiger partial charge in [0.05, 0.1) is 22.2 Å². The number of fused-ring (bicyclic) bond motifs is 6. The molecule has 0 aliphatic heterocycles. The van der Waals surface area contributed by atoms with E-state index < -0.39 is 0 Å². The summed E-state index contributed by atoms with van der Waals surface area (Å²) in [6.07, 6.45) is 0. The van der Waals surface area contributed by atoms with Gasteiger partial charge in [0.1, 0.15) is 0 Å². The van der Waals surface area contributed by atoms with Crippen LogP contribution in [0.3, 0.4) is 0 Å². The van der Waals surface area contributed by atoms with Crippen LogP contribution in [0, 0.1) is 13.8 Å². The van der Waals surface area contributed by atoms with Crippen LogP contribution in [0.15, 0.2) is 103 Å². The molecule has 3 aromatic heterocycles. The van der Waals surface area contributed by atoms with Gasteiger partial charge in [-0.25, -0.2) is 4.98 Å². The zero-order valence-corrected chi connectivity index (χ0v) is 20.2. The third kappa shape index (κ3) is 3.40. The van der Waals surface area contributed by atoms with Gasteiger partial charge >= 0.3 is 0 Å². The minimum atomic E-state index is 0.942. The number of aryl methyl sites for hydroxylation is 2. The van der Waals surface area contributed by atoms with Gasteiger partial charge in [0.25, 0.3) is 0 Å². The highest BCUT2D eigenvalue weighted by Crippen LogP contribution is 2.32. The summed E-state index contributed by atoms with van der Waals surface area (Å²) >= 11 is 0.